The van der Waals surface area contributed by atoms with Crippen molar-refractivity contribution in [1.82, 2.24) is 9.21 Å². The van der Waals surface area contributed by atoms with Crippen LogP contribution in [-0.2, 0) is 16.4 Å². The molecule has 128 valence electrons. The average Bonchev–Trinajstić information content (AvgIpc) is 2.55. The van der Waals surface area contributed by atoms with Crippen molar-refractivity contribution >= 4 is 15.9 Å². The second-order valence-electron chi connectivity index (χ2n) is 5.95. The van der Waals surface area contributed by atoms with Crippen molar-refractivity contribution in [3.05, 3.63) is 35.4 Å². The van der Waals surface area contributed by atoms with E-state index in [4.69, 9.17) is 0 Å². The Labute approximate surface area is 139 Å². The van der Waals surface area contributed by atoms with Crippen LogP contribution in [0.4, 0.5) is 0 Å². The number of carbonyl (C=O) groups is 1. The van der Waals surface area contributed by atoms with Crippen LogP contribution in [0.25, 0.3) is 0 Å². The molecule has 0 aromatic heterocycles. The number of sulfonamides is 1. The zero-order valence-electron chi connectivity index (χ0n) is 14.0. The second kappa shape index (κ2) is 7.93. The first-order valence-electron chi connectivity index (χ1n) is 8.34. The van der Waals surface area contributed by atoms with Crippen LogP contribution in [0.3, 0.4) is 0 Å². The van der Waals surface area contributed by atoms with Gasteiger partial charge in [-0.25, -0.2) is 8.42 Å². The molecule has 0 atom stereocenters. The van der Waals surface area contributed by atoms with Gasteiger partial charge in [-0.15, -0.1) is 0 Å². The molecule has 0 saturated carbocycles. The third kappa shape index (κ3) is 4.54. The van der Waals surface area contributed by atoms with E-state index in [2.05, 4.69) is 6.92 Å². The second-order valence-corrected chi connectivity index (χ2v) is 8.04. The van der Waals surface area contributed by atoms with Gasteiger partial charge in [0.1, 0.15) is 0 Å². The first-order chi connectivity index (χ1) is 11.0. The lowest BCUT2D eigenvalue weighted by atomic mass is 10.1. The number of hydrogen-bond acceptors (Lipinski definition) is 3. The molecule has 1 aliphatic heterocycles. The van der Waals surface area contributed by atoms with Crippen LogP contribution in [0.5, 0.6) is 0 Å². The number of carbonyl (C=O) groups excluding carboxylic acids is 1. The molecule has 0 radical (unpaired) electrons. The monoisotopic (exact) mass is 338 g/mol. The van der Waals surface area contributed by atoms with E-state index < -0.39 is 10.0 Å². The lowest BCUT2D eigenvalue weighted by Gasteiger charge is -2.34. The molecule has 1 heterocycles. The summed E-state index contributed by atoms with van der Waals surface area (Å²) in [6.45, 7) is 5.69. The highest BCUT2D eigenvalue weighted by atomic mass is 32.2. The van der Waals surface area contributed by atoms with E-state index in [1.165, 1.54) is 9.87 Å². The number of rotatable bonds is 6. The number of piperazine rings is 1. The molecule has 1 amide bonds. The van der Waals surface area contributed by atoms with Crippen LogP contribution < -0.4 is 0 Å². The summed E-state index contributed by atoms with van der Waals surface area (Å²) in [5.74, 6) is 0.167. The maximum atomic E-state index is 12.5. The topological polar surface area (TPSA) is 57.7 Å². The van der Waals surface area contributed by atoms with Crippen molar-refractivity contribution in [2.45, 2.75) is 33.1 Å². The highest BCUT2D eigenvalue weighted by Crippen LogP contribution is 2.13. The van der Waals surface area contributed by atoms with Crippen LogP contribution in [0.1, 0.15) is 42.6 Å². The Morgan fingerprint density at radius 1 is 1.00 bits per heavy atom. The molecule has 1 fully saturated rings. The fourth-order valence-electron chi connectivity index (χ4n) is 2.84. The fraction of sp³-hybridized carbons (Fsp3) is 0.588. The van der Waals surface area contributed by atoms with Gasteiger partial charge >= 0.3 is 0 Å². The zero-order valence-corrected chi connectivity index (χ0v) is 14.8. The van der Waals surface area contributed by atoms with Crippen molar-refractivity contribution in [1.29, 1.82) is 0 Å². The van der Waals surface area contributed by atoms with Gasteiger partial charge in [0.2, 0.25) is 10.0 Å². The lowest BCUT2D eigenvalue weighted by Crippen LogP contribution is -2.51. The minimum atomic E-state index is -3.16. The van der Waals surface area contributed by atoms with E-state index in [1.807, 2.05) is 31.2 Å². The highest BCUT2D eigenvalue weighted by Gasteiger charge is 2.28. The molecular formula is C17H26N2O3S. The summed E-state index contributed by atoms with van der Waals surface area (Å²) in [7, 11) is -3.16. The molecule has 23 heavy (non-hydrogen) atoms. The molecule has 2 rings (SSSR count). The minimum absolute atomic E-state index is 0.0133. The number of aryl methyl sites for hydroxylation is 1. The standard InChI is InChI=1S/C17H26N2O3S/c1-3-5-15-6-8-16(9-7-15)17(20)18-10-12-19(13-11-18)23(21,22)14-4-2/h6-9H,3-5,10-14H2,1-2H3. The number of nitrogens with zero attached hydrogens (tertiary/aromatic N) is 2. The summed E-state index contributed by atoms with van der Waals surface area (Å²) in [6, 6.07) is 7.73. The summed E-state index contributed by atoms with van der Waals surface area (Å²) >= 11 is 0. The average molecular weight is 338 g/mol. The summed E-state index contributed by atoms with van der Waals surface area (Å²) in [5.41, 5.74) is 1.91. The molecular weight excluding hydrogens is 312 g/mol. The SMILES string of the molecule is CCCc1ccc(C(=O)N2CCN(S(=O)(=O)CCC)CC2)cc1. The van der Waals surface area contributed by atoms with Gasteiger partial charge in [0, 0.05) is 31.7 Å². The highest BCUT2D eigenvalue weighted by molar-refractivity contribution is 7.89. The van der Waals surface area contributed by atoms with Gasteiger partial charge in [0.25, 0.3) is 5.91 Å². The predicted octanol–water partition coefficient (Wildman–Crippen LogP) is 2.14. The van der Waals surface area contributed by atoms with Gasteiger partial charge in [-0.05, 0) is 30.5 Å². The summed E-state index contributed by atoms with van der Waals surface area (Å²) < 4.78 is 25.6. The molecule has 1 aromatic rings. The molecule has 0 bridgehead atoms. The lowest BCUT2D eigenvalue weighted by molar-refractivity contribution is 0.0698. The van der Waals surface area contributed by atoms with Gasteiger partial charge in [0.05, 0.1) is 5.75 Å². The molecule has 0 unspecified atom stereocenters. The number of hydrogen-bond donors (Lipinski definition) is 0. The van der Waals surface area contributed by atoms with Crippen LogP contribution in [-0.4, -0.2) is 55.5 Å². The Bertz CT molecular complexity index is 618. The Balaban J connectivity index is 1.95. The summed E-state index contributed by atoms with van der Waals surface area (Å²) in [6.07, 6.45) is 2.72. The van der Waals surface area contributed by atoms with E-state index in [0.29, 0.717) is 38.2 Å². The van der Waals surface area contributed by atoms with Crippen molar-refractivity contribution in [2.24, 2.45) is 0 Å². The molecule has 1 aliphatic rings. The Morgan fingerprint density at radius 3 is 2.13 bits per heavy atom. The van der Waals surface area contributed by atoms with E-state index >= 15 is 0 Å². The van der Waals surface area contributed by atoms with Gasteiger partial charge in [-0.1, -0.05) is 32.4 Å². The Morgan fingerprint density at radius 2 is 1.61 bits per heavy atom. The zero-order chi connectivity index (χ0) is 16.9. The number of amides is 1. The molecule has 5 nitrogen and oxygen atoms in total. The smallest absolute Gasteiger partial charge is 0.253 e. The molecule has 6 heteroatoms. The molecule has 1 aromatic carbocycles. The quantitative estimate of drug-likeness (QED) is 0.798. The molecule has 0 aliphatic carbocycles. The van der Waals surface area contributed by atoms with Gasteiger partial charge in [-0.2, -0.15) is 4.31 Å². The van der Waals surface area contributed by atoms with Gasteiger partial charge < -0.3 is 4.90 Å². The van der Waals surface area contributed by atoms with E-state index in [0.717, 1.165) is 12.8 Å². The molecule has 1 saturated heterocycles. The van der Waals surface area contributed by atoms with E-state index in [-0.39, 0.29) is 11.7 Å². The minimum Gasteiger partial charge on any atom is -0.336 e. The third-order valence-corrected chi connectivity index (χ3v) is 6.20. The summed E-state index contributed by atoms with van der Waals surface area (Å²) in [5, 5.41) is 0. The van der Waals surface area contributed by atoms with Crippen molar-refractivity contribution in [3.63, 3.8) is 0 Å². The van der Waals surface area contributed by atoms with E-state index in [1.54, 1.807) is 4.90 Å². The summed E-state index contributed by atoms with van der Waals surface area (Å²) in [4.78, 5) is 14.3. The van der Waals surface area contributed by atoms with Crippen LogP contribution in [0.2, 0.25) is 0 Å². The first-order valence-corrected chi connectivity index (χ1v) is 9.95. The number of benzene rings is 1. The maximum absolute atomic E-state index is 12.5. The van der Waals surface area contributed by atoms with Crippen LogP contribution in [0.15, 0.2) is 24.3 Å². The van der Waals surface area contributed by atoms with Gasteiger partial charge in [-0.3, -0.25) is 4.79 Å². The maximum Gasteiger partial charge on any atom is 0.253 e. The normalized spacial score (nSPS) is 16.5. The Hall–Kier alpha value is -1.40. The van der Waals surface area contributed by atoms with Crippen molar-refractivity contribution in [2.75, 3.05) is 31.9 Å². The van der Waals surface area contributed by atoms with Crippen molar-refractivity contribution in [3.8, 4) is 0 Å². The molecule has 0 spiro atoms. The largest absolute Gasteiger partial charge is 0.336 e. The van der Waals surface area contributed by atoms with Crippen LogP contribution >= 0.6 is 0 Å². The van der Waals surface area contributed by atoms with Gasteiger partial charge in [0.15, 0.2) is 0 Å². The third-order valence-electron chi connectivity index (χ3n) is 4.12. The first kappa shape index (κ1) is 17.9. The Kier molecular flexibility index (Phi) is 6.18. The molecule has 0 N–H and O–H groups in total. The van der Waals surface area contributed by atoms with Crippen LogP contribution in [0, 0.1) is 0 Å². The van der Waals surface area contributed by atoms with E-state index in [9.17, 15) is 13.2 Å². The predicted molar refractivity (Wildman–Crippen MR) is 92.0 cm³/mol. The van der Waals surface area contributed by atoms with Crippen molar-refractivity contribution < 1.29 is 13.2 Å². The fourth-order valence-corrected chi connectivity index (χ4v) is 4.34.